The van der Waals surface area contributed by atoms with E-state index in [9.17, 15) is 9.59 Å². The second-order valence-electron chi connectivity index (χ2n) is 6.60. The predicted molar refractivity (Wildman–Crippen MR) is 96.8 cm³/mol. The Morgan fingerprint density at radius 2 is 1.36 bits per heavy atom. The standard InChI is InChI=1S/C21H20N2O2/c24-20-17-13-7-8-14-18(17)21(25)23(20)19(15-9-3-1-4-10-15)22-16-11-5-2-6-12-16/h1,3-4,7-10,13-14,16H,2,5-6,11-12H2. The third-order valence-electron chi connectivity index (χ3n) is 4.92. The zero-order valence-electron chi connectivity index (χ0n) is 14.0. The van der Waals surface area contributed by atoms with Gasteiger partial charge in [-0.3, -0.25) is 14.6 Å². The highest BCUT2D eigenvalue weighted by molar-refractivity contribution is 6.32. The van der Waals surface area contributed by atoms with Gasteiger partial charge in [0, 0.05) is 5.56 Å². The molecular weight excluding hydrogens is 312 g/mol. The third-order valence-corrected chi connectivity index (χ3v) is 4.92. The molecule has 2 aromatic rings. The molecule has 4 heteroatoms. The molecule has 2 amide bonds. The van der Waals surface area contributed by atoms with Crippen LogP contribution in [-0.4, -0.2) is 28.6 Å². The van der Waals surface area contributed by atoms with Gasteiger partial charge in [-0.1, -0.05) is 61.7 Å². The first-order chi connectivity index (χ1) is 12.3. The Bertz CT molecular complexity index is 801. The maximum Gasteiger partial charge on any atom is 0.267 e. The minimum atomic E-state index is -0.279. The van der Waals surface area contributed by atoms with Gasteiger partial charge in [-0.25, -0.2) is 4.90 Å². The molecule has 1 heterocycles. The summed E-state index contributed by atoms with van der Waals surface area (Å²) in [4.78, 5) is 31.9. The van der Waals surface area contributed by atoms with Crippen molar-refractivity contribution in [2.45, 2.75) is 38.1 Å². The molecule has 0 unspecified atom stereocenters. The van der Waals surface area contributed by atoms with Crippen LogP contribution in [0.4, 0.5) is 0 Å². The van der Waals surface area contributed by atoms with Crippen LogP contribution >= 0.6 is 0 Å². The third kappa shape index (κ3) is 2.88. The van der Waals surface area contributed by atoms with Crippen LogP contribution in [0.15, 0.2) is 59.6 Å². The quantitative estimate of drug-likeness (QED) is 0.473. The number of amides is 2. The zero-order valence-corrected chi connectivity index (χ0v) is 14.0. The lowest BCUT2D eigenvalue weighted by molar-refractivity contribution is 0.0748. The Kier molecular flexibility index (Phi) is 4.18. The number of fused-ring (bicyclic) bond motifs is 1. The number of carbonyl (C=O) groups excluding carboxylic acids is 2. The molecule has 1 aliphatic heterocycles. The Morgan fingerprint density at radius 3 is 1.96 bits per heavy atom. The first-order valence-corrected chi connectivity index (χ1v) is 8.87. The fourth-order valence-electron chi connectivity index (χ4n) is 3.61. The minimum absolute atomic E-state index is 0.174. The Balaban J connectivity index is 1.78. The summed E-state index contributed by atoms with van der Waals surface area (Å²) in [5, 5.41) is 0. The van der Waals surface area contributed by atoms with E-state index in [0.29, 0.717) is 17.0 Å². The predicted octanol–water partition coefficient (Wildman–Crippen LogP) is 4.06. The van der Waals surface area contributed by atoms with Gasteiger partial charge in [0.15, 0.2) is 0 Å². The van der Waals surface area contributed by atoms with Crippen LogP contribution in [0.5, 0.6) is 0 Å². The Labute approximate surface area is 147 Å². The van der Waals surface area contributed by atoms with E-state index in [0.717, 1.165) is 31.2 Å². The van der Waals surface area contributed by atoms with E-state index in [-0.39, 0.29) is 17.9 Å². The fraction of sp³-hybridized carbons (Fsp3) is 0.286. The van der Waals surface area contributed by atoms with Crippen LogP contribution in [0, 0.1) is 0 Å². The molecule has 4 nitrogen and oxygen atoms in total. The van der Waals surface area contributed by atoms with E-state index >= 15 is 0 Å². The summed E-state index contributed by atoms with van der Waals surface area (Å²) in [5.74, 6) is -0.0725. The highest BCUT2D eigenvalue weighted by atomic mass is 16.2. The average molecular weight is 332 g/mol. The van der Waals surface area contributed by atoms with E-state index in [1.807, 2.05) is 30.3 Å². The number of rotatable bonds is 2. The molecule has 1 aliphatic carbocycles. The van der Waals surface area contributed by atoms with E-state index in [4.69, 9.17) is 4.99 Å². The number of amidine groups is 1. The first-order valence-electron chi connectivity index (χ1n) is 8.87. The van der Waals surface area contributed by atoms with Gasteiger partial charge in [-0.05, 0) is 25.0 Å². The van der Waals surface area contributed by atoms with Crippen molar-refractivity contribution in [2.75, 3.05) is 0 Å². The second kappa shape index (κ2) is 6.63. The number of hydrogen-bond donors (Lipinski definition) is 0. The topological polar surface area (TPSA) is 49.7 Å². The molecule has 0 bridgehead atoms. The van der Waals surface area contributed by atoms with Crippen LogP contribution in [0.1, 0.15) is 58.4 Å². The van der Waals surface area contributed by atoms with Crippen LogP contribution in [0.3, 0.4) is 0 Å². The van der Waals surface area contributed by atoms with Gasteiger partial charge in [0.1, 0.15) is 5.84 Å². The van der Waals surface area contributed by atoms with Gasteiger partial charge in [0.25, 0.3) is 11.8 Å². The number of nitrogens with zero attached hydrogens (tertiary/aromatic N) is 2. The van der Waals surface area contributed by atoms with Crippen molar-refractivity contribution in [3.05, 3.63) is 71.3 Å². The van der Waals surface area contributed by atoms with Crippen LogP contribution < -0.4 is 0 Å². The fourth-order valence-corrected chi connectivity index (χ4v) is 3.61. The van der Waals surface area contributed by atoms with Gasteiger partial charge < -0.3 is 0 Å². The van der Waals surface area contributed by atoms with Crippen molar-refractivity contribution >= 4 is 17.6 Å². The molecule has 0 radical (unpaired) electrons. The zero-order chi connectivity index (χ0) is 17.2. The maximum absolute atomic E-state index is 12.9. The molecular formula is C21H20N2O2. The van der Waals surface area contributed by atoms with Gasteiger partial charge in [0.2, 0.25) is 0 Å². The lowest BCUT2D eigenvalue weighted by Gasteiger charge is -2.23. The summed E-state index contributed by atoms with van der Waals surface area (Å²) in [6.45, 7) is 0. The molecule has 2 aromatic carbocycles. The highest BCUT2D eigenvalue weighted by Crippen LogP contribution is 2.27. The molecule has 1 saturated carbocycles. The molecule has 2 aliphatic rings. The molecule has 0 saturated heterocycles. The molecule has 25 heavy (non-hydrogen) atoms. The monoisotopic (exact) mass is 332 g/mol. The number of hydrogen-bond acceptors (Lipinski definition) is 3. The number of benzene rings is 2. The van der Waals surface area contributed by atoms with E-state index in [2.05, 4.69) is 0 Å². The molecule has 0 spiro atoms. The molecule has 0 atom stereocenters. The smallest absolute Gasteiger partial charge is 0.267 e. The van der Waals surface area contributed by atoms with Gasteiger partial charge in [-0.15, -0.1) is 0 Å². The second-order valence-corrected chi connectivity index (χ2v) is 6.60. The molecule has 126 valence electrons. The number of imide groups is 1. The SMILES string of the molecule is O=C1c2ccccc2C(=O)N1C(=NC1CCCCC1)c1ccccc1. The van der Waals surface area contributed by atoms with Crippen molar-refractivity contribution in [1.29, 1.82) is 0 Å². The minimum Gasteiger partial charge on any atom is -0.268 e. The van der Waals surface area contributed by atoms with Gasteiger partial charge in [-0.2, -0.15) is 0 Å². The van der Waals surface area contributed by atoms with Crippen molar-refractivity contribution in [3.63, 3.8) is 0 Å². The molecule has 4 rings (SSSR count). The van der Waals surface area contributed by atoms with Crippen molar-refractivity contribution in [1.82, 2.24) is 4.90 Å². The van der Waals surface area contributed by atoms with E-state index in [1.54, 1.807) is 24.3 Å². The van der Waals surface area contributed by atoms with Crippen molar-refractivity contribution < 1.29 is 9.59 Å². The van der Waals surface area contributed by atoms with Crippen LogP contribution in [0.2, 0.25) is 0 Å². The summed E-state index contributed by atoms with van der Waals surface area (Å²) in [6.07, 6.45) is 5.56. The van der Waals surface area contributed by atoms with E-state index in [1.165, 1.54) is 11.3 Å². The first kappa shape index (κ1) is 15.8. The summed E-state index contributed by atoms with van der Waals surface area (Å²) in [7, 11) is 0. The normalized spacial score (nSPS) is 18.6. The Hall–Kier alpha value is -2.75. The van der Waals surface area contributed by atoms with Crippen molar-refractivity contribution in [2.24, 2.45) is 4.99 Å². The van der Waals surface area contributed by atoms with Crippen molar-refractivity contribution in [3.8, 4) is 0 Å². The molecule has 0 N–H and O–H groups in total. The summed E-state index contributed by atoms with van der Waals surface area (Å²) < 4.78 is 0. The van der Waals surface area contributed by atoms with Gasteiger partial charge in [0.05, 0.1) is 17.2 Å². The largest absolute Gasteiger partial charge is 0.268 e. The molecule has 0 aromatic heterocycles. The lowest BCUT2D eigenvalue weighted by atomic mass is 9.96. The van der Waals surface area contributed by atoms with E-state index < -0.39 is 0 Å². The number of carbonyl (C=O) groups is 2. The van der Waals surface area contributed by atoms with Gasteiger partial charge >= 0.3 is 0 Å². The summed E-state index contributed by atoms with van der Waals surface area (Å²) in [5.41, 5.74) is 1.72. The number of aliphatic imine (C=N–C) groups is 1. The summed E-state index contributed by atoms with van der Waals surface area (Å²) >= 11 is 0. The highest BCUT2D eigenvalue weighted by Gasteiger charge is 2.39. The average Bonchev–Trinajstić information content (AvgIpc) is 2.93. The maximum atomic E-state index is 12.9. The Morgan fingerprint density at radius 1 is 0.800 bits per heavy atom. The summed E-state index contributed by atoms with van der Waals surface area (Å²) in [6, 6.07) is 16.7. The lowest BCUT2D eigenvalue weighted by Crippen LogP contribution is -2.38. The van der Waals surface area contributed by atoms with Crippen LogP contribution in [0.25, 0.3) is 0 Å². The molecule has 1 fully saturated rings. The van der Waals surface area contributed by atoms with Crippen LogP contribution in [-0.2, 0) is 0 Å².